The quantitative estimate of drug-likeness (QED) is 0.344. The molecule has 0 fully saturated rings. The normalized spacial score (nSPS) is 11.9. The van der Waals surface area contributed by atoms with Crippen molar-refractivity contribution in [1.29, 1.82) is 0 Å². The lowest BCUT2D eigenvalue weighted by Crippen LogP contribution is -2.38. The van der Waals surface area contributed by atoms with Crippen LogP contribution in [0.5, 0.6) is 0 Å². The number of benzene rings is 1. The summed E-state index contributed by atoms with van der Waals surface area (Å²) in [4.78, 5) is 22.8. The average Bonchev–Trinajstić information content (AvgIpc) is 2.49. The molecule has 2 N–H and O–H groups in total. The highest BCUT2D eigenvalue weighted by atomic mass is 127. The number of carboxylic acid groups (broad SMARTS) is 1. The summed E-state index contributed by atoms with van der Waals surface area (Å²) in [6.07, 6.45) is 0.271. The van der Waals surface area contributed by atoms with Crippen LogP contribution in [0, 0.1) is 3.57 Å². The highest BCUT2D eigenvalue weighted by Gasteiger charge is 2.15. The summed E-state index contributed by atoms with van der Waals surface area (Å²) in [6.45, 7) is 2.72. The van der Waals surface area contributed by atoms with Gasteiger partial charge in [-0.3, -0.25) is 9.59 Å². The largest absolute Gasteiger partial charge is 0.481 e. The predicted octanol–water partition coefficient (Wildman–Crippen LogP) is 2.26. The summed E-state index contributed by atoms with van der Waals surface area (Å²) in [5.74, 6) is -1.15. The van der Waals surface area contributed by atoms with Crippen molar-refractivity contribution in [2.24, 2.45) is 0 Å². The van der Waals surface area contributed by atoms with Crippen LogP contribution in [0.1, 0.15) is 30.1 Å². The lowest BCUT2D eigenvalue weighted by atomic mass is 10.1. The zero-order valence-corrected chi connectivity index (χ0v) is 14.5. The molecule has 1 rings (SSSR count). The molecule has 1 unspecified atom stereocenters. The van der Waals surface area contributed by atoms with Crippen molar-refractivity contribution < 1.29 is 24.2 Å². The first-order valence-electron chi connectivity index (χ1n) is 6.96. The minimum absolute atomic E-state index is 0.0321. The van der Waals surface area contributed by atoms with Crippen LogP contribution in [-0.4, -0.2) is 43.0 Å². The number of carbonyl (C=O) groups excluding carboxylic acids is 1. The monoisotopic (exact) mass is 421 g/mol. The summed E-state index contributed by atoms with van der Waals surface area (Å²) in [6, 6.07) is 6.77. The third-order valence-electron chi connectivity index (χ3n) is 2.84. The molecule has 7 heteroatoms. The fourth-order valence-corrected chi connectivity index (χ4v) is 2.06. The SMILES string of the molecule is CCOCOCC(CCC(=O)O)NC(=O)c1ccc(I)cc1. The number of nitrogens with one attached hydrogen (secondary N) is 1. The van der Waals surface area contributed by atoms with E-state index in [1.54, 1.807) is 12.1 Å². The molecule has 1 aromatic carbocycles. The molecule has 1 amide bonds. The lowest BCUT2D eigenvalue weighted by Gasteiger charge is -2.18. The molecule has 0 aliphatic carbocycles. The van der Waals surface area contributed by atoms with E-state index in [1.165, 1.54) is 0 Å². The van der Waals surface area contributed by atoms with Crippen LogP contribution >= 0.6 is 22.6 Å². The van der Waals surface area contributed by atoms with Crippen LogP contribution in [-0.2, 0) is 14.3 Å². The van der Waals surface area contributed by atoms with Gasteiger partial charge in [0.15, 0.2) is 0 Å². The number of halogens is 1. The van der Waals surface area contributed by atoms with Gasteiger partial charge in [-0.1, -0.05) is 0 Å². The number of carbonyl (C=O) groups is 2. The molecule has 0 bridgehead atoms. The fraction of sp³-hybridized carbons (Fsp3) is 0.467. The number of hydrogen-bond donors (Lipinski definition) is 2. The van der Waals surface area contributed by atoms with Crippen molar-refractivity contribution in [2.75, 3.05) is 20.0 Å². The topological polar surface area (TPSA) is 84.9 Å². The molecule has 0 aromatic heterocycles. The summed E-state index contributed by atoms with van der Waals surface area (Å²) < 4.78 is 11.4. The van der Waals surface area contributed by atoms with Crippen LogP contribution in [0.15, 0.2) is 24.3 Å². The Morgan fingerprint density at radius 1 is 1.27 bits per heavy atom. The molecule has 0 radical (unpaired) electrons. The molecule has 1 aromatic rings. The van der Waals surface area contributed by atoms with E-state index in [9.17, 15) is 9.59 Å². The zero-order chi connectivity index (χ0) is 16.4. The Balaban J connectivity index is 2.55. The molecule has 0 aliphatic heterocycles. The second-order valence-corrected chi connectivity index (χ2v) is 5.84. The number of amides is 1. The fourth-order valence-electron chi connectivity index (χ4n) is 1.70. The van der Waals surface area contributed by atoms with Gasteiger partial charge in [-0.25, -0.2) is 0 Å². The van der Waals surface area contributed by atoms with Crippen LogP contribution in [0.3, 0.4) is 0 Å². The van der Waals surface area contributed by atoms with Crippen molar-refractivity contribution in [3.63, 3.8) is 0 Å². The van der Waals surface area contributed by atoms with E-state index >= 15 is 0 Å². The first-order chi connectivity index (χ1) is 10.5. The van der Waals surface area contributed by atoms with E-state index in [0.717, 1.165) is 3.57 Å². The number of ether oxygens (including phenoxy) is 2. The van der Waals surface area contributed by atoms with Crippen molar-refractivity contribution in [1.82, 2.24) is 5.32 Å². The molecule has 22 heavy (non-hydrogen) atoms. The van der Waals surface area contributed by atoms with Gasteiger partial charge in [0, 0.05) is 22.2 Å². The van der Waals surface area contributed by atoms with Crippen LogP contribution in [0.25, 0.3) is 0 Å². The molecular weight excluding hydrogens is 401 g/mol. The van der Waals surface area contributed by atoms with Gasteiger partial charge in [0.1, 0.15) is 6.79 Å². The van der Waals surface area contributed by atoms with Crippen molar-refractivity contribution in [3.05, 3.63) is 33.4 Å². The molecule has 0 saturated heterocycles. The Bertz CT molecular complexity index is 477. The van der Waals surface area contributed by atoms with Gasteiger partial charge in [0.05, 0.1) is 12.6 Å². The Labute approximate surface area is 143 Å². The Morgan fingerprint density at radius 3 is 2.55 bits per heavy atom. The minimum atomic E-state index is -0.904. The molecular formula is C15H20INO5. The van der Waals surface area contributed by atoms with E-state index < -0.39 is 5.97 Å². The highest BCUT2D eigenvalue weighted by Crippen LogP contribution is 2.08. The number of aliphatic carboxylic acids is 1. The Kier molecular flexibility index (Phi) is 9.02. The van der Waals surface area contributed by atoms with Gasteiger partial charge < -0.3 is 19.9 Å². The van der Waals surface area contributed by atoms with E-state index in [2.05, 4.69) is 27.9 Å². The predicted molar refractivity (Wildman–Crippen MR) is 89.7 cm³/mol. The first-order valence-corrected chi connectivity index (χ1v) is 8.04. The summed E-state index contributed by atoms with van der Waals surface area (Å²) in [5.41, 5.74) is 0.533. The minimum Gasteiger partial charge on any atom is -0.481 e. The Hall–Kier alpha value is -1.19. The lowest BCUT2D eigenvalue weighted by molar-refractivity contribution is -0.137. The molecule has 0 spiro atoms. The third-order valence-corrected chi connectivity index (χ3v) is 3.56. The van der Waals surface area contributed by atoms with Crippen LogP contribution in [0.4, 0.5) is 0 Å². The average molecular weight is 421 g/mol. The van der Waals surface area contributed by atoms with Gasteiger partial charge in [0.2, 0.25) is 0 Å². The molecule has 1 atom stereocenters. The molecule has 0 saturated carbocycles. The summed E-state index contributed by atoms with van der Waals surface area (Å²) in [5, 5.41) is 11.6. The molecule has 0 heterocycles. The van der Waals surface area contributed by atoms with Gasteiger partial charge in [-0.2, -0.15) is 0 Å². The third kappa shape index (κ3) is 7.71. The standard InChI is InChI=1S/C15H20INO5/c1-2-21-10-22-9-13(7-8-14(18)19)17-15(20)11-3-5-12(16)6-4-11/h3-6,13H,2,7-10H2,1H3,(H,17,20)(H,18,19). The van der Waals surface area contributed by atoms with Crippen molar-refractivity contribution in [2.45, 2.75) is 25.8 Å². The van der Waals surface area contributed by atoms with Gasteiger partial charge in [-0.05, 0) is 60.2 Å². The summed E-state index contributed by atoms with van der Waals surface area (Å²) >= 11 is 2.16. The van der Waals surface area contributed by atoms with Crippen molar-refractivity contribution in [3.8, 4) is 0 Å². The van der Waals surface area contributed by atoms with Crippen LogP contribution in [0.2, 0.25) is 0 Å². The Morgan fingerprint density at radius 2 is 1.95 bits per heavy atom. The van der Waals surface area contributed by atoms with Crippen LogP contribution < -0.4 is 5.32 Å². The van der Waals surface area contributed by atoms with Gasteiger partial charge in [-0.15, -0.1) is 0 Å². The number of rotatable bonds is 10. The number of hydrogen-bond acceptors (Lipinski definition) is 4. The molecule has 0 aliphatic rings. The molecule has 122 valence electrons. The van der Waals surface area contributed by atoms with E-state index in [1.807, 2.05) is 19.1 Å². The van der Waals surface area contributed by atoms with E-state index in [-0.39, 0.29) is 31.8 Å². The highest BCUT2D eigenvalue weighted by molar-refractivity contribution is 14.1. The smallest absolute Gasteiger partial charge is 0.303 e. The van der Waals surface area contributed by atoms with Crippen molar-refractivity contribution >= 4 is 34.5 Å². The van der Waals surface area contributed by atoms with E-state index in [0.29, 0.717) is 18.6 Å². The maximum Gasteiger partial charge on any atom is 0.303 e. The van der Waals surface area contributed by atoms with Gasteiger partial charge in [0.25, 0.3) is 5.91 Å². The number of carboxylic acids is 1. The second kappa shape index (κ2) is 10.5. The maximum atomic E-state index is 12.2. The molecule has 6 nitrogen and oxygen atoms in total. The summed E-state index contributed by atoms with van der Waals surface area (Å²) in [7, 11) is 0. The first kappa shape index (κ1) is 18.9. The van der Waals surface area contributed by atoms with E-state index in [4.69, 9.17) is 14.6 Å². The van der Waals surface area contributed by atoms with Gasteiger partial charge >= 0.3 is 5.97 Å². The maximum absolute atomic E-state index is 12.2. The zero-order valence-electron chi connectivity index (χ0n) is 12.4. The second-order valence-electron chi connectivity index (χ2n) is 4.59.